The number of aromatic nitrogens is 1. The summed E-state index contributed by atoms with van der Waals surface area (Å²) in [6.07, 6.45) is 2.80. The number of nitrogens with zero attached hydrogens (tertiary/aromatic N) is 3. The first-order valence-corrected chi connectivity index (χ1v) is 9.16. The molecule has 0 bridgehead atoms. The van der Waals surface area contributed by atoms with Crippen molar-refractivity contribution in [3.05, 3.63) is 48.2 Å². The fraction of sp³-hybridized carbons (Fsp3) is 0.400. The second-order valence-electron chi connectivity index (χ2n) is 6.74. The summed E-state index contributed by atoms with van der Waals surface area (Å²) in [4.78, 5) is 21.5. The molecule has 26 heavy (non-hydrogen) atoms. The van der Waals surface area contributed by atoms with Crippen LogP contribution in [0.25, 0.3) is 0 Å². The largest absolute Gasteiger partial charge is 0.378 e. The fourth-order valence-corrected chi connectivity index (χ4v) is 3.61. The van der Waals surface area contributed by atoms with Crippen LogP contribution in [0.5, 0.6) is 0 Å². The Bertz CT molecular complexity index is 772. The second-order valence-corrected chi connectivity index (χ2v) is 6.74. The third-order valence-corrected chi connectivity index (χ3v) is 5.15. The first-order chi connectivity index (χ1) is 12.7. The molecule has 136 valence electrons. The van der Waals surface area contributed by atoms with Crippen LogP contribution in [-0.2, 0) is 16.0 Å². The summed E-state index contributed by atoms with van der Waals surface area (Å²) in [6, 6.07) is 11.9. The highest BCUT2D eigenvalue weighted by atomic mass is 16.5. The summed E-state index contributed by atoms with van der Waals surface area (Å²) >= 11 is 0. The third kappa shape index (κ3) is 3.37. The van der Waals surface area contributed by atoms with Crippen molar-refractivity contribution in [2.45, 2.75) is 19.4 Å². The van der Waals surface area contributed by atoms with Crippen LogP contribution >= 0.6 is 0 Å². The smallest absolute Gasteiger partial charge is 0.247 e. The maximum absolute atomic E-state index is 12.7. The normalized spacial score (nSPS) is 17.7. The second kappa shape index (κ2) is 7.33. The molecule has 0 saturated carbocycles. The first-order valence-electron chi connectivity index (χ1n) is 9.16. The molecule has 0 aliphatic carbocycles. The summed E-state index contributed by atoms with van der Waals surface area (Å²) in [5, 5.41) is 2.94. The van der Waals surface area contributed by atoms with Crippen LogP contribution in [0.3, 0.4) is 0 Å². The van der Waals surface area contributed by atoms with Gasteiger partial charge in [0.05, 0.1) is 25.1 Å². The standard InChI is InChI=1S/C20H24N4O2/c1-15(24-9-8-16-4-2-3-5-18(16)24)20(25)22-19-7-6-17(14-21-19)23-10-12-26-13-11-23/h2-7,14-15H,8-13H2,1H3,(H,21,22,25)/t15-/m0/s1. The van der Waals surface area contributed by atoms with E-state index in [0.29, 0.717) is 5.82 Å². The number of anilines is 3. The van der Waals surface area contributed by atoms with E-state index in [0.717, 1.165) is 50.6 Å². The summed E-state index contributed by atoms with van der Waals surface area (Å²) in [5.74, 6) is 0.555. The number of carbonyl (C=O) groups is 1. The number of pyridine rings is 1. The van der Waals surface area contributed by atoms with Crippen molar-refractivity contribution in [2.24, 2.45) is 0 Å². The van der Waals surface area contributed by atoms with Gasteiger partial charge in [-0.3, -0.25) is 4.79 Å². The molecule has 2 aromatic rings. The number of carbonyl (C=O) groups excluding carboxylic acids is 1. The number of ether oxygens (including phenoxy) is 1. The number of rotatable bonds is 4. The molecule has 4 rings (SSSR count). The Labute approximate surface area is 153 Å². The molecule has 0 unspecified atom stereocenters. The molecule has 1 fully saturated rings. The zero-order chi connectivity index (χ0) is 17.9. The topological polar surface area (TPSA) is 57.7 Å². The van der Waals surface area contributed by atoms with Crippen molar-refractivity contribution in [1.29, 1.82) is 0 Å². The maximum Gasteiger partial charge on any atom is 0.247 e. The van der Waals surface area contributed by atoms with Crippen LogP contribution < -0.4 is 15.1 Å². The molecule has 0 radical (unpaired) electrons. The lowest BCUT2D eigenvalue weighted by Gasteiger charge is -2.28. The lowest BCUT2D eigenvalue weighted by Crippen LogP contribution is -2.41. The van der Waals surface area contributed by atoms with Crippen LogP contribution in [0, 0.1) is 0 Å². The monoisotopic (exact) mass is 352 g/mol. The molecule has 1 amide bonds. The van der Waals surface area contributed by atoms with Crippen LogP contribution in [-0.4, -0.2) is 49.8 Å². The number of benzene rings is 1. The number of nitrogens with one attached hydrogen (secondary N) is 1. The Morgan fingerprint density at radius 2 is 1.96 bits per heavy atom. The van der Waals surface area contributed by atoms with Crippen LogP contribution in [0.4, 0.5) is 17.2 Å². The first kappa shape index (κ1) is 16.8. The molecule has 1 saturated heterocycles. The average Bonchev–Trinajstić information content (AvgIpc) is 3.13. The molecule has 2 aliphatic rings. The van der Waals surface area contributed by atoms with Gasteiger partial charge in [-0.25, -0.2) is 4.98 Å². The van der Waals surface area contributed by atoms with Gasteiger partial charge in [0.25, 0.3) is 0 Å². The van der Waals surface area contributed by atoms with Gasteiger partial charge in [-0.2, -0.15) is 0 Å². The van der Waals surface area contributed by atoms with Crippen LogP contribution in [0.2, 0.25) is 0 Å². The van der Waals surface area contributed by atoms with Gasteiger partial charge in [-0.1, -0.05) is 18.2 Å². The molecule has 1 N–H and O–H groups in total. The van der Waals surface area contributed by atoms with Gasteiger partial charge in [-0.15, -0.1) is 0 Å². The SMILES string of the molecule is C[C@@H](C(=O)Nc1ccc(N2CCOCC2)cn1)N1CCc2ccccc21. The van der Waals surface area contributed by atoms with Gasteiger partial charge in [0.1, 0.15) is 11.9 Å². The van der Waals surface area contributed by atoms with Crippen molar-refractivity contribution in [1.82, 2.24) is 4.98 Å². The molecule has 0 spiro atoms. The number of amides is 1. The Hall–Kier alpha value is -2.60. The Morgan fingerprint density at radius 1 is 1.15 bits per heavy atom. The van der Waals surface area contributed by atoms with Crippen molar-refractivity contribution in [3.63, 3.8) is 0 Å². The molecule has 1 aromatic heterocycles. The highest BCUT2D eigenvalue weighted by molar-refractivity contribution is 5.96. The average molecular weight is 352 g/mol. The van der Waals surface area contributed by atoms with Gasteiger partial charge >= 0.3 is 0 Å². The number of morpholine rings is 1. The van der Waals surface area contributed by atoms with E-state index in [1.807, 2.05) is 37.4 Å². The van der Waals surface area contributed by atoms with Gasteiger partial charge in [0, 0.05) is 25.3 Å². The highest BCUT2D eigenvalue weighted by Crippen LogP contribution is 2.29. The fourth-order valence-electron chi connectivity index (χ4n) is 3.61. The minimum absolute atomic E-state index is 0.0340. The Balaban J connectivity index is 1.40. The minimum atomic E-state index is -0.237. The van der Waals surface area contributed by atoms with Crippen LogP contribution in [0.1, 0.15) is 12.5 Å². The minimum Gasteiger partial charge on any atom is -0.378 e. The number of fused-ring (bicyclic) bond motifs is 1. The maximum atomic E-state index is 12.7. The molecular formula is C20H24N4O2. The number of hydrogen-bond donors (Lipinski definition) is 1. The van der Waals surface area contributed by atoms with E-state index < -0.39 is 0 Å². The van der Waals surface area contributed by atoms with Gasteiger partial charge in [0.2, 0.25) is 5.91 Å². The van der Waals surface area contributed by atoms with Crippen LogP contribution in [0.15, 0.2) is 42.6 Å². The van der Waals surface area contributed by atoms with Gasteiger partial charge in [0.15, 0.2) is 0 Å². The molecule has 2 aliphatic heterocycles. The van der Waals surface area contributed by atoms with Crippen molar-refractivity contribution >= 4 is 23.1 Å². The van der Waals surface area contributed by atoms with E-state index in [4.69, 9.17) is 4.74 Å². The zero-order valence-corrected chi connectivity index (χ0v) is 15.0. The molecule has 1 aromatic carbocycles. The van der Waals surface area contributed by atoms with E-state index in [1.54, 1.807) is 0 Å². The third-order valence-electron chi connectivity index (χ3n) is 5.15. The summed E-state index contributed by atoms with van der Waals surface area (Å²) < 4.78 is 5.37. The van der Waals surface area contributed by atoms with Crippen molar-refractivity contribution < 1.29 is 9.53 Å². The summed E-state index contributed by atoms with van der Waals surface area (Å²) in [6.45, 7) is 6.05. The molecule has 3 heterocycles. The lowest BCUT2D eigenvalue weighted by molar-refractivity contribution is -0.117. The zero-order valence-electron chi connectivity index (χ0n) is 15.0. The Kier molecular flexibility index (Phi) is 4.75. The summed E-state index contributed by atoms with van der Waals surface area (Å²) in [7, 11) is 0. The molecule has 1 atom stereocenters. The quantitative estimate of drug-likeness (QED) is 0.915. The van der Waals surface area contributed by atoms with Gasteiger partial charge < -0.3 is 19.9 Å². The van der Waals surface area contributed by atoms with Crippen molar-refractivity contribution in [3.8, 4) is 0 Å². The van der Waals surface area contributed by atoms with E-state index in [2.05, 4.69) is 32.2 Å². The van der Waals surface area contributed by atoms with Gasteiger partial charge in [-0.05, 0) is 37.1 Å². The molecule has 6 heteroatoms. The number of para-hydroxylation sites is 1. The van der Waals surface area contributed by atoms with Crippen molar-refractivity contribution in [2.75, 3.05) is 48.0 Å². The summed E-state index contributed by atoms with van der Waals surface area (Å²) in [5.41, 5.74) is 3.53. The van der Waals surface area contributed by atoms with E-state index >= 15 is 0 Å². The lowest BCUT2D eigenvalue weighted by atomic mass is 10.1. The highest BCUT2D eigenvalue weighted by Gasteiger charge is 2.27. The molecular weight excluding hydrogens is 328 g/mol. The number of hydrogen-bond acceptors (Lipinski definition) is 5. The van der Waals surface area contributed by atoms with E-state index in [-0.39, 0.29) is 11.9 Å². The predicted octanol–water partition coefficient (Wildman–Crippen LogP) is 2.31. The van der Waals surface area contributed by atoms with E-state index in [1.165, 1.54) is 5.56 Å². The van der Waals surface area contributed by atoms with E-state index in [9.17, 15) is 4.79 Å². The molecule has 6 nitrogen and oxygen atoms in total. The predicted molar refractivity (Wildman–Crippen MR) is 103 cm³/mol. The Morgan fingerprint density at radius 3 is 2.73 bits per heavy atom.